The number of hydrogen-bond donors (Lipinski definition) is 1. The van der Waals surface area contributed by atoms with Crippen molar-refractivity contribution in [2.75, 3.05) is 13.7 Å². The number of ether oxygens (including phenoxy) is 1. The molecule has 0 spiro atoms. The van der Waals surface area contributed by atoms with Gasteiger partial charge < -0.3 is 10.5 Å². The van der Waals surface area contributed by atoms with Crippen molar-refractivity contribution in [2.24, 2.45) is 5.73 Å². The van der Waals surface area contributed by atoms with Crippen molar-refractivity contribution in [3.63, 3.8) is 0 Å². The third-order valence-corrected chi connectivity index (χ3v) is 2.83. The second-order valence-electron chi connectivity index (χ2n) is 4.46. The number of esters is 1. The van der Waals surface area contributed by atoms with Gasteiger partial charge in [-0.25, -0.2) is 4.79 Å². The fourth-order valence-corrected chi connectivity index (χ4v) is 1.86. The largest absolute Gasteiger partial charge is 0.465 e. The molecule has 0 bridgehead atoms. The fourth-order valence-electron chi connectivity index (χ4n) is 1.86. The Morgan fingerprint density at radius 3 is 2.56 bits per heavy atom. The third kappa shape index (κ3) is 2.61. The first-order valence-corrected chi connectivity index (χ1v) is 5.41. The quantitative estimate of drug-likeness (QED) is 0.792. The van der Waals surface area contributed by atoms with Gasteiger partial charge in [-0.1, -0.05) is 32.0 Å². The lowest BCUT2D eigenvalue weighted by atomic mass is 9.79. The highest BCUT2D eigenvalue weighted by Gasteiger charge is 2.25. The van der Waals surface area contributed by atoms with Crippen LogP contribution in [0.1, 0.15) is 36.2 Å². The summed E-state index contributed by atoms with van der Waals surface area (Å²) in [6, 6.07) is 7.52. The van der Waals surface area contributed by atoms with Crippen LogP contribution in [-0.4, -0.2) is 19.6 Å². The van der Waals surface area contributed by atoms with E-state index < -0.39 is 0 Å². The molecule has 0 amide bonds. The predicted molar refractivity (Wildman–Crippen MR) is 64.5 cm³/mol. The zero-order valence-corrected chi connectivity index (χ0v) is 10.1. The SMILES string of the molecule is COC(=O)c1ccccc1C(C)(C)CCN. The van der Waals surface area contributed by atoms with E-state index in [1.807, 2.05) is 18.2 Å². The zero-order chi connectivity index (χ0) is 12.2. The van der Waals surface area contributed by atoms with Crippen LogP contribution in [0, 0.1) is 0 Å². The van der Waals surface area contributed by atoms with E-state index in [1.54, 1.807) is 6.07 Å². The van der Waals surface area contributed by atoms with Gasteiger partial charge in [-0.15, -0.1) is 0 Å². The lowest BCUT2D eigenvalue weighted by Crippen LogP contribution is -2.24. The molecule has 0 aliphatic heterocycles. The lowest BCUT2D eigenvalue weighted by Gasteiger charge is -2.26. The van der Waals surface area contributed by atoms with E-state index in [1.165, 1.54) is 7.11 Å². The summed E-state index contributed by atoms with van der Waals surface area (Å²) in [5, 5.41) is 0. The second kappa shape index (κ2) is 5.12. The van der Waals surface area contributed by atoms with Crippen molar-refractivity contribution in [1.82, 2.24) is 0 Å². The van der Waals surface area contributed by atoms with Crippen molar-refractivity contribution in [1.29, 1.82) is 0 Å². The van der Waals surface area contributed by atoms with Crippen molar-refractivity contribution < 1.29 is 9.53 Å². The third-order valence-electron chi connectivity index (χ3n) is 2.83. The van der Waals surface area contributed by atoms with Crippen molar-refractivity contribution in [2.45, 2.75) is 25.7 Å². The number of nitrogens with two attached hydrogens (primary N) is 1. The summed E-state index contributed by atoms with van der Waals surface area (Å²) in [6.07, 6.45) is 0.834. The van der Waals surface area contributed by atoms with Crippen LogP contribution < -0.4 is 5.73 Å². The van der Waals surface area contributed by atoms with E-state index in [9.17, 15) is 4.79 Å². The van der Waals surface area contributed by atoms with Gasteiger partial charge in [0.1, 0.15) is 0 Å². The fraction of sp³-hybridized carbons (Fsp3) is 0.462. The van der Waals surface area contributed by atoms with Gasteiger partial charge in [0.25, 0.3) is 0 Å². The summed E-state index contributed by atoms with van der Waals surface area (Å²) in [7, 11) is 1.40. The summed E-state index contributed by atoms with van der Waals surface area (Å²) in [6.45, 7) is 4.77. The minimum absolute atomic E-state index is 0.112. The molecule has 0 unspecified atom stereocenters. The van der Waals surface area contributed by atoms with Gasteiger partial charge in [-0.3, -0.25) is 0 Å². The maximum Gasteiger partial charge on any atom is 0.338 e. The van der Waals surface area contributed by atoms with Crippen LogP contribution in [0.4, 0.5) is 0 Å². The van der Waals surface area contributed by atoms with Gasteiger partial charge in [-0.2, -0.15) is 0 Å². The molecule has 1 aromatic rings. The number of carbonyl (C=O) groups excluding carboxylic acids is 1. The molecule has 1 aromatic carbocycles. The Hall–Kier alpha value is -1.35. The standard InChI is InChI=1S/C13H19NO2/c1-13(2,8-9-14)11-7-5-4-6-10(11)12(15)16-3/h4-7H,8-9,14H2,1-3H3. The molecule has 0 fully saturated rings. The Morgan fingerprint density at radius 2 is 2.00 bits per heavy atom. The van der Waals surface area contributed by atoms with Crippen molar-refractivity contribution in [3.8, 4) is 0 Å². The number of carbonyl (C=O) groups is 1. The van der Waals surface area contributed by atoms with Gasteiger partial charge in [0.05, 0.1) is 12.7 Å². The summed E-state index contributed by atoms with van der Waals surface area (Å²) >= 11 is 0. The van der Waals surface area contributed by atoms with Gasteiger partial charge >= 0.3 is 5.97 Å². The molecule has 3 nitrogen and oxygen atoms in total. The zero-order valence-electron chi connectivity index (χ0n) is 10.1. The molecular weight excluding hydrogens is 202 g/mol. The van der Waals surface area contributed by atoms with Crippen LogP contribution in [0.2, 0.25) is 0 Å². The van der Waals surface area contributed by atoms with Gasteiger partial charge in [0, 0.05) is 0 Å². The molecule has 0 atom stereocenters. The first kappa shape index (κ1) is 12.7. The Balaban J connectivity index is 3.17. The monoisotopic (exact) mass is 221 g/mol. The summed E-state index contributed by atoms with van der Waals surface area (Å²) in [4.78, 5) is 11.6. The molecule has 2 N–H and O–H groups in total. The molecular formula is C13H19NO2. The van der Waals surface area contributed by atoms with E-state index in [4.69, 9.17) is 10.5 Å². The van der Waals surface area contributed by atoms with E-state index in [0.29, 0.717) is 12.1 Å². The van der Waals surface area contributed by atoms with Crippen LogP contribution in [0.3, 0.4) is 0 Å². The molecule has 16 heavy (non-hydrogen) atoms. The topological polar surface area (TPSA) is 52.3 Å². The van der Waals surface area contributed by atoms with E-state index >= 15 is 0 Å². The molecule has 0 saturated heterocycles. The first-order valence-electron chi connectivity index (χ1n) is 5.41. The van der Waals surface area contributed by atoms with Gasteiger partial charge in [0.15, 0.2) is 0 Å². The van der Waals surface area contributed by atoms with Crippen molar-refractivity contribution >= 4 is 5.97 Å². The Labute approximate surface area is 96.6 Å². The lowest BCUT2D eigenvalue weighted by molar-refractivity contribution is 0.0597. The average Bonchev–Trinajstić information content (AvgIpc) is 2.28. The minimum Gasteiger partial charge on any atom is -0.465 e. The molecule has 0 saturated carbocycles. The van der Waals surface area contributed by atoms with Crippen LogP contribution in [0.15, 0.2) is 24.3 Å². The Bertz CT molecular complexity index is 372. The number of hydrogen-bond acceptors (Lipinski definition) is 3. The molecule has 0 radical (unpaired) electrons. The number of methoxy groups -OCH3 is 1. The molecule has 88 valence electrons. The Kier molecular flexibility index (Phi) is 4.07. The number of benzene rings is 1. The highest BCUT2D eigenvalue weighted by atomic mass is 16.5. The highest BCUT2D eigenvalue weighted by molar-refractivity contribution is 5.91. The second-order valence-corrected chi connectivity index (χ2v) is 4.46. The van der Waals surface area contributed by atoms with E-state index in [2.05, 4.69) is 13.8 Å². The van der Waals surface area contributed by atoms with E-state index in [0.717, 1.165) is 12.0 Å². The smallest absolute Gasteiger partial charge is 0.338 e. The molecule has 0 heterocycles. The molecule has 0 aromatic heterocycles. The summed E-state index contributed by atoms with van der Waals surface area (Å²) in [5.74, 6) is -0.291. The van der Waals surface area contributed by atoms with Crippen molar-refractivity contribution in [3.05, 3.63) is 35.4 Å². The molecule has 1 rings (SSSR count). The first-order chi connectivity index (χ1) is 7.53. The normalized spacial score (nSPS) is 11.2. The minimum atomic E-state index is -0.291. The van der Waals surface area contributed by atoms with Gasteiger partial charge in [0.2, 0.25) is 0 Å². The summed E-state index contributed by atoms with van der Waals surface area (Å²) < 4.78 is 4.78. The molecule has 0 aliphatic carbocycles. The maximum absolute atomic E-state index is 11.6. The molecule has 3 heteroatoms. The highest BCUT2D eigenvalue weighted by Crippen LogP contribution is 2.29. The van der Waals surface area contributed by atoms with Crippen LogP contribution >= 0.6 is 0 Å². The van der Waals surface area contributed by atoms with Crippen LogP contribution in [0.5, 0.6) is 0 Å². The van der Waals surface area contributed by atoms with Crippen LogP contribution in [0.25, 0.3) is 0 Å². The average molecular weight is 221 g/mol. The maximum atomic E-state index is 11.6. The summed E-state index contributed by atoms with van der Waals surface area (Å²) in [5.41, 5.74) is 7.10. The number of rotatable bonds is 4. The Morgan fingerprint density at radius 1 is 1.38 bits per heavy atom. The predicted octanol–water partition coefficient (Wildman–Crippen LogP) is 2.10. The van der Waals surface area contributed by atoms with Crippen LogP contribution in [-0.2, 0) is 10.2 Å². The molecule has 0 aliphatic rings. The van der Waals surface area contributed by atoms with Gasteiger partial charge in [-0.05, 0) is 30.0 Å². The van der Waals surface area contributed by atoms with E-state index in [-0.39, 0.29) is 11.4 Å².